The van der Waals surface area contributed by atoms with Gasteiger partial charge in [0, 0.05) is 16.9 Å². The van der Waals surface area contributed by atoms with Crippen LogP contribution < -0.4 is 5.32 Å². The molecule has 1 heterocycles. The Morgan fingerprint density at radius 3 is 2.29 bits per heavy atom. The van der Waals surface area contributed by atoms with Gasteiger partial charge in [-0.05, 0) is 38.7 Å². The molecule has 96 valence electrons. The highest BCUT2D eigenvalue weighted by Crippen LogP contribution is 2.21. The Morgan fingerprint density at radius 2 is 1.82 bits per heavy atom. The summed E-state index contributed by atoms with van der Waals surface area (Å²) in [6.07, 6.45) is 2.13. The van der Waals surface area contributed by atoms with E-state index in [1.807, 2.05) is 6.92 Å². The van der Waals surface area contributed by atoms with Crippen LogP contribution in [0.15, 0.2) is 6.07 Å². The number of aryl methyl sites for hydroxylation is 1. The molecule has 0 aromatic carbocycles. The van der Waals surface area contributed by atoms with Gasteiger partial charge in [-0.15, -0.1) is 0 Å². The predicted octanol–water partition coefficient (Wildman–Crippen LogP) is 3.90. The average molecular weight is 235 g/mol. The van der Waals surface area contributed by atoms with Crippen molar-refractivity contribution in [2.75, 3.05) is 5.32 Å². The van der Waals surface area contributed by atoms with Gasteiger partial charge in [0.25, 0.3) is 0 Å². The lowest BCUT2D eigenvalue weighted by molar-refractivity contribution is 0.474. The van der Waals surface area contributed by atoms with E-state index in [0.717, 1.165) is 30.2 Å². The summed E-state index contributed by atoms with van der Waals surface area (Å²) in [5.41, 5.74) is 2.22. The van der Waals surface area contributed by atoms with Crippen LogP contribution in [0.2, 0.25) is 0 Å². The maximum Gasteiger partial charge on any atom is 0.223 e. The molecule has 0 amide bonds. The van der Waals surface area contributed by atoms with Crippen LogP contribution in [0.25, 0.3) is 0 Å². The van der Waals surface area contributed by atoms with Crippen LogP contribution >= 0.6 is 0 Å². The van der Waals surface area contributed by atoms with Gasteiger partial charge in [-0.2, -0.15) is 0 Å². The lowest BCUT2D eigenvalue weighted by Crippen LogP contribution is -2.34. The van der Waals surface area contributed by atoms with Crippen molar-refractivity contribution < 1.29 is 0 Å². The number of anilines is 1. The van der Waals surface area contributed by atoms with Crippen LogP contribution in [0, 0.1) is 6.92 Å². The molecule has 0 aliphatic carbocycles. The van der Waals surface area contributed by atoms with E-state index in [4.69, 9.17) is 0 Å². The molecule has 0 aliphatic rings. The van der Waals surface area contributed by atoms with E-state index in [1.165, 1.54) is 0 Å². The van der Waals surface area contributed by atoms with Gasteiger partial charge in [0.2, 0.25) is 5.95 Å². The molecule has 0 spiro atoms. The van der Waals surface area contributed by atoms with Crippen molar-refractivity contribution in [3.05, 3.63) is 17.5 Å². The van der Waals surface area contributed by atoms with Crippen molar-refractivity contribution >= 4 is 5.95 Å². The highest BCUT2D eigenvalue weighted by molar-refractivity contribution is 5.32. The lowest BCUT2D eigenvalue weighted by atomic mass is 9.96. The van der Waals surface area contributed by atoms with Crippen molar-refractivity contribution in [1.29, 1.82) is 0 Å². The third-order valence-corrected chi connectivity index (χ3v) is 3.44. The van der Waals surface area contributed by atoms with Crippen molar-refractivity contribution in [2.24, 2.45) is 0 Å². The molecular weight excluding hydrogens is 210 g/mol. The second-order valence-corrected chi connectivity index (χ2v) is 5.31. The van der Waals surface area contributed by atoms with Crippen molar-refractivity contribution in [1.82, 2.24) is 9.97 Å². The monoisotopic (exact) mass is 235 g/mol. The first-order valence-electron chi connectivity index (χ1n) is 6.54. The average Bonchev–Trinajstić information content (AvgIpc) is 2.28. The fraction of sp³-hybridized carbons (Fsp3) is 0.714. The first-order chi connectivity index (χ1) is 7.90. The second-order valence-electron chi connectivity index (χ2n) is 5.31. The number of hydrogen-bond donors (Lipinski definition) is 1. The molecule has 0 fully saturated rings. The molecule has 0 bridgehead atoms. The fourth-order valence-corrected chi connectivity index (χ4v) is 1.64. The summed E-state index contributed by atoms with van der Waals surface area (Å²) in [4.78, 5) is 9.07. The van der Waals surface area contributed by atoms with Crippen molar-refractivity contribution in [3.63, 3.8) is 0 Å². The Labute approximate surface area is 105 Å². The molecule has 0 saturated heterocycles. The molecule has 3 nitrogen and oxygen atoms in total. The van der Waals surface area contributed by atoms with Gasteiger partial charge in [0.1, 0.15) is 0 Å². The van der Waals surface area contributed by atoms with Crippen LogP contribution in [-0.2, 0) is 0 Å². The molecule has 3 heteroatoms. The summed E-state index contributed by atoms with van der Waals surface area (Å²) in [6, 6.07) is 2.06. The number of nitrogens with zero attached hydrogens (tertiary/aromatic N) is 2. The van der Waals surface area contributed by atoms with E-state index in [0.29, 0.717) is 5.92 Å². The summed E-state index contributed by atoms with van der Waals surface area (Å²) >= 11 is 0. The Bertz CT molecular complexity index is 368. The fourth-order valence-electron chi connectivity index (χ4n) is 1.64. The number of aromatic nitrogens is 2. The minimum Gasteiger partial charge on any atom is -0.349 e. The van der Waals surface area contributed by atoms with Crippen molar-refractivity contribution in [2.45, 2.75) is 65.8 Å². The molecule has 0 saturated carbocycles. The normalized spacial score (nSPS) is 11.9. The Kier molecular flexibility index (Phi) is 4.49. The second kappa shape index (κ2) is 5.48. The van der Waals surface area contributed by atoms with Gasteiger partial charge in [0.15, 0.2) is 0 Å². The molecule has 1 aromatic rings. The molecule has 0 aliphatic heterocycles. The van der Waals surface area contributed by atoms with E-state index in [2.05, 4.69) is 56.0 Å². The smallest absolute Gasteiger partial charge is 0.223 e. The van der Waals surface area contributed by atoms with E-state index in [9.17, 15) is 0 Å². The van der Waals surface area contributed by atoms with Gasteiger partial charge in [-0.25, -0.2) is 9.97 Å². The van der Waals surface area contributed by atoms with Crippen molar-refractivity contribution in [3.8, 4) is 0 Å². The zero-order chi connectivity index (χ0) is 13.1. The molecule has 1 rings (SSSR count). The zero-order valence-corrected chi connectivity index (χ0v) is 12.0. The van der Waals surface area contributed by atoms with Crippen LogP contribution in [0.4, 0.5) is 5.95 Å². The Hall–Kier alpha value is -1.12. The standard InChI is InChI=1S/C14H25N3/c1-7-14(6,8-2)17-13-15-11(5)9-12(16-13)10(3)4/h9-10H,7-8H2,1-6H3,(H,15,16,17). The Balaban J connectivity index is 2.98. The maximum absolute atomic E-state index is 4.59. The predicted molar refractivity (Wildman–Crippen MR) is 73.5 cm³/mol. The number of hydrogen-bond acceptors (Lipinski definition) is 3. The van der Waals surface area contributed by atoms with Crippen LogP contribution in [0.3, 0.4) is 0 Å². The summed E-state index contributed by atoms with van der Waals surface area (Å²) in [5, 5.41) is 3.47. The molecule has 17 heavy (non-hydrogen) atoms. The molecule has 1 N–H and O–H groups in total. The van der Waals surface area contributed by atoms with Gasteiger partial charge < -0.3 is 5.32 Å². The van der Waals surface area contributed by atoms with E-state index in [-0.39, 0.29) is 5.54 Å². The van der Waals surface area contributed by atoms with Crippen LogP contribution in [-0.4, -0.2) is 15.5 Å². The van der Waals surface area contributed by atoms with Gasteiger partial charge in [-0.3, -0.25) is 0 Å². The highest BCUT2D eigenvalue weighted by Gasteiger charge is 2.20. The first-order valence-corrected chi connectivity index (χ1v) is 6.54. The molecule has 0 unspecified atom stereocenters. The minimum absolute atomic E-state index is 0.0854. The molecular formula is C14H25N3. The van der Waals surface area contributed by atoms with Gasteiger partial charge in [-0.1, -0.05) is 27.7 Å². The van der Waals surface area contributed by atoms with E-state index < -0.39 is 0 Å². The summed E-state index contributed by atoms with van der Waals surface area (Å²) in [7, 11) is 0. The molecule has 1 aromatic heterocycles. The summed E-state index contributed by atoms with van der Waals surface area (Å²) < 4.78 is 0. The summed E-state index contributed by atoms with van der Waals surface area (Å²) in [5.74, 6) is 1.20. The largest absolute Gasteiger partial charge is 0.349 e. The minimum atomic E-state index is 0.0854. The maximum atomic E-state index is 4.59. The topological polar surface area (TPSA) is 37.8 Å². The SMILES string of the molecule is CCC(C)(CC)Nc1nc(C)cc(C(C)C)n1. The highest BCUT2D eigenvalue weighted by atomic mass is 15.1. The Morgan fingerprint density at radius 1 is 1.24 bits per heavy atom. The third kappa shape index (κ3) is 3.69. The van der Waals surface area contributed by atoms with Gasteiger partial charge in [0.05, 0.1) is 0 Å². The zero-order valence-electron chi connectivity index (χ0n) is 12.0. The van der Waals surface area contributed by atoms with E-state index >= 15 is 0 Å². The van der Waals surface area contributed by atoms with Crippen LogP contribution in [0.5, 0.6) is 0 Å². The third-order valence-electron chi connectivity index (χ3n) is 3.44. The van der Waals surface area contributed by atoms with Crippen LogP contribution in [0.1, 0.15) is 64.8 Å². The van der Waals surface area contributed by atoms with E-state index in [1.54, 1.807) is 0 Å². The number of nitrogens with one attached hydrogen (secondary N) is 1. The molecule has 0 atom stereocenters. The first kappa shape index (κ1) is 13.9. The quantitative estimate of drug-likeness (QED) is 0.841. The number of rotatable bonds is 5. The summed E-state index contributed by atoms with van der Waals surface area (Å²) in [6.45, 7) is 12.9. The lowest BCUT2D eigenvalue weighted by Gasteiger charge is -2.28. The molecule has 0 radical (unpaired) electrons. The van der Waals surface area contributed by atoms with Gasteiger partial charge >= 0.3 is 0 Å².